The van der Waals surface area contributed by atoms with Crippen LogP contribution >= 0.6 is 7.14 Å². The molecule has 5 heteroatoms. The summed E-state index contributed by atoms with van der Waals surface area (Å²) in [4.78, 5) is 9.42. The Bertz CT molecular complexity index is 3310. The zero-order valence-electron chi connectivity index (χ0n) is 28.5. The number of hydrogen-bond acceptors (Lipinski definition) is 3. The van der Waals surface area contributed by atoms with Gasteiger partial charge in [-0.05, 0) is 91.3 Å². The maximum absolute atomic E-state index is 16.4. The van der Waals surface area contributed by atoms with Gasteiger partial charge in [0.1, 0.15) is 5.65 Å². The van der Waals surface area contributed by atoms with Gasteiger partial charge in [0.05, 0.1) is 16.6 Å². The average molecular weight is 696 g/mol. The highest BCUT2D eigenvalue weighted by Crippen LogP contribution is 2.46. The lowest BCUT2D eigenvalue weighted by atomic mass is 9.97. The Balaban J connectivity index is 1.25. The van der Waals surface area contributed by atoms with Gasteiger partial charge in [-0.25, -0.2) is 4.98 Å². The van der Waals surface area contributed by atoms with Crippen LogP contribution in [0.25, 0.3) is 81.8 Å². The Kier molecular flexibility index (Phi) is 6.49. The van der Waals surface area contributed by atoms with Gasteiger partial charge in [-0.15, -0.1) is 0 Å². The summed E-state index contributed by atoms with van der Waals surface area (Å²) in [6.07, 6.45) is 3.60. The summed E-state index contributed by atoms with van der Waals surface area (Å²) in [7, 11) is -3.42. The summed E-state index contributed by atoms with van der Waals surface area (Å²) < 4.78 is 18.7. The van der Waals surface area contributed by atoms with Crippen molar-refractivity contribution in [2.75, 3.05) is 0 Å². The summed E-state index contributed by atoms with van der Waals surface area (Å²) in [5.41, 5.74) is 6.16. The van der Waals surface area contributed by atoms with Crippen LogP contribution in [-0.4, -0.2) is 14.4 Å². The van der Waals surface area contributed by atoms with Crippen LogP contribution in [0.1, 0.15) is 0 Å². The van der Waals surface area contributed by atoms with Crippen molar-refractivity contribution in [2.45, 2.75) is 0 Å². The van der Waals surface area contributed by atoms with E-state index in [-0.39, 0.29) is 0 Å². The van der Waals surface area contributed by atoms with Crippen LogP contribution in [0.4, 0.5) is 0 Å². The average Bonchev–Trinajstić information content (AvgIpc) is 3.62. The molecule has 4 nitrogen and oxygen atoms in total. The van der Waals surface area contributed by atoms with E-state index in [4.69, 9.17) is 4.98 Å². The van der Waals surface area contributed by atoms with E-state index < -0.39 is 7.14 Å². The van der Waals surface area contributed by atoms with Crippen molar-refractivity contribution in [3.8, 4) is 11.1 Å². The minimum absolute atomic E-state index is 0.796. The third-order valence-electron chi connectivity index (χ3n) is 10.9. The van der Waals surface area contributed by atoms with Gasteiger partial charge in [-0.1, -0.05) is 127 Å². The summed E-state index contributed by atoms with van der Waals surface area (Å²) >= 11 is 0. The zero-order valence-corrected chi connectivity index (χ0v) is 29.4. The number of aromatic nitrogens is 3. The highest BCUT2D eigenvalue weighted by atomic mass is 31.2. The number of imidazole rings is 1. The fourth-order valence-electron chi connectivity index (χ4n) is 8.35. The standard InChI is InChI=1S/C48H30N3OP/c52-53(38-22-18-31-8-1-2-10-35(31)28-38,37-20-16-32(17-21-37)33-24-26-49-27-25-33)46-15-7-11-36-29-45-42(30-41(36)46)40-23-19-34-9-3-4-12-39(34)47(40)48-50-43-13-5-6-14-44(43)51(45)48/h1-30H. The number of hydrogen-bond donors (Lipinski definition) is 0. The predicted molar refractivity (Wildman–Crippen MR) is 223 cm³/mol. The predicted octanol–water partition coefficient (Wildman–Crippen LogP) is 11.0. The molecule has 1 atom stereocenters. The molecule has 0 N–H and O–H groups in total. The van der Waals surface area contributed by atoms with Crippen LogP contribution in [0, 0.1) is 0 Å². The summed E-state index contributed by atoms with van der Waals surface area (Å²) in [5, 5.41) is 12.3. The van der Waals surface area contributed by atoms with Gasteiger partial charge < -0.3 is 4.57 Å². The van der Waals surface area contributed by atoms with Gasteiger partial charge in [-0.2, -0.15) is 0 Å². The lowest BCUT2D eigenvalue weighted by Gasteiger charge is -2.23. The van der Waals surface area contributed by atoms with Crippen LogP contribution in [0.2, 0.25) is 0 Å². The van der Waals surface area contributed by atoms with Crippen LogP contribution in [0.3, 0.4) is 0 Å². The molecular weight excluding hydrogens is 666 g/mol. The second kappa shape index (κ2) is 11.4. The zero-order chi connectivity index (χ0) is 35.1. The summed E-state index contributed by atoms with van der Waals surface area (Å²) in [6.45, 7) is 0. The van der Waals surface area contributed by atoms with Gasteiger partial charge in [0.25, 0.3) is 0 Å². The lowest BCUT2D eigenvalue weighted by molar-refractivity contribution is 0.592. The van der Waals surface area contributed by atoms with E-state index in [9.17, 15) is 0 Å². The van der Waals surface area contributed by atoms with E-state index in [2.05, 4.69) is 137 Å². The molecule has 0 amide bonds. The molecule has 0 saturated heterocycles. The highest BCUT2D eigenvalue weighted by molar-refractivity contribution is 7.85. The van der Waals surface area contributed by atoms with Crippen molar-refractivity contribution in [1.29, 1.82) is 0 Å². The molecule has 11 aromatic rings. The number of rotatable bonds is 4. The van der Waals surface area contributed by atoms with E-state index in [1.54, 1.807) is 12.4 Å². The van der Waals surface area contributed by atoms with Gasteiger partial charge in [0, 0.05) is 39.1 Å². The molecule has 3 aromatic heterocycles. The fraction of sp³-hybridized carbons (Fsp3) is 0. The number of para-hydroxylation sites is 2. The van der Waals surface area contributed by atoms with Crippen LogP contribution in [0.5, 0.6) is 0 Å². The van der Waals surface area contributed by atoms with Crippen molar-refractivity contribution in [2.24, 2.45) is 0 Å². The smallest absolute Gasteiger partial charge is 0.171 e. The van der Waals surface area contributed by atoms with Gasteiger partial charge in [-0.3, -0.25) is 9.38 Å². The first-order valence-corrected chi connectivity index (χ1v) is 19.5. The van der Waals surface area contributed by atoms with E-state index in [1.807, 2.05) is 42.5 Å². The molecule has 8 aromatic carbocycles. The largest absolute Gasteiger partial charge is 0.309 e. The SMILES string of the molecule is O=P(c1ccc(-c2ccncc2)cc1)(c1ccc2ccccc2c1)c1cccc2cc3c(cc12)c1ccc2ccccc2c1c1nc2ccccc2n31. The first kappa shape index (κ1) is 30.1. The number of pyridine rings is 2. The van der Waals surface area contributed by atoms with E-state index in [1.165, 1.54) is 5.39 Å². The molecule has 248 valence electrons. The molecule has 11 rings (SSSR count). The topological polar surface area (TPSA) is 47.3 Å². The lowest BCUT2D eigenvalue weighted by Crippen LogP contribution is -2.25. The Morgan fingerprint density at radius 3 is 2.02 bits per heavy atom. The first-order chi connectivity index (χ1) is 26.1. The van der Waals surface area contributed by atoms with Crippen LogP contribution in [-0.2, 0) is 4.57 Å². The summed E-state index contributed by atoms with van der Waals surface area (Å²) in [6, 6.07) is 59.0. The van der Waals surface area contributed by atoms with Gasteiger partial charge in [0.15, 0.2) is 7.14 Å². The van der Waals surface area contributed by atoms with Crippen molar-refractivity contribution in [1.82, 2.24) is 14.4 Å². The van der Waals surface area contributed by atoms with Crippen molar-refractivity contribution < 1.29 is 4.57 Å². The maximum atomic E-state index is 16.4. The second-order valence-electron chi connectivity index (χ2n) is 13.8. The summed E-state index contributed by atoms with van der Waals surface area (Å²) in [5.74, 6) is 0. The van der Waals surface area contributed by atoms with E-state index in [0.717, 1.165) is 92.3 Å². The monoisotopic (exact) mass is 695 g/mol. The van der Waals surface area contributed by atoms with Crippen LogP contribution < -0.4 is 15.9 Å². The molecule has 0 saturated carbocycles. The Morgan fingerprint density at radius 1 is 0.453 bits per heavy atom. The minimum Gasteiger partial charge on any atom is -0.309 e. The van der Waals surface area contributed by atoms with Crippen molar-refractivity contribution in [3.63, 3.8) is 0 Å². The molecule has 0 aliphatic rings. The number of fused-ring (bicyclic) bond motifs is 12. The number of benzene rings is 8. The molecule has 53 heavy (non-hydrogen) atoms. The molecule has 0 bridgehead atoms. The molecule has 0 fully saturated rings. The maximum Gasteiger partial charge on any atom is 0.171 e. The minimum atomic E-state index is -3.42. The quantitative estimate of drug-likeness (QED) is 0.105. The van der Waals surface area contributed by atoms with Gasteiger partial charge >= 0.3 is 0 Å². The van der Waals surface area contributed by atoms with Crippen molar-refractivity contribution in [3.05, 3.63) is 182 Å². The second-order valence-corrected chi connectivity index (χ2v) is 16.5. The van der Waals surface area contributed by atoms with Crippen molar-refractivity contribution >= 4 is 93.7 Å². The fourth-order valence-corrected chi connectivity index (χ4v) is 11.2. The van der Waals surface area contributed by atoms with Gasteiger partial charge in [0.2, 0.25) is 0 Å². The Labute approximate surface area is 305 Å². The molecule has 0 spiro atoms. The Hall–Kier alpha value is -6.61. The normalized spacial score (nSPS) is 13.1. The molecule has 1 unspecified atom stereocenters. The molecule has 0 aliphatic heterocycles. The first-order valence-electron chi connectivity index (χ1n) is 17.8. The molecule has 0 radical (unpaired) electrons. The van der Waals surface area contributed by atoms with E-state index in [0.29, 0.717) is 0 Å². The molecular formula is C48H30N3OP. The van der Waals surface area contributed by atoms with Crippen LogP contribution in [0.15, 0.2) is 182 Å². The highest BCUT2D eigenvalue weighted by Gasteiger charge is 2.32. The Morgan fingerprint density at radius 2 is 1.15 bits per heavy atom. The van der Waals surface area contributed by atoms with E-state index >= 15 is 4.57 Å². The molecule has 0 aliphatic carbocycles. The molecule has 3 heterocycles. The number of nitrogens with zero attached hydrogens (tertiary/aromatic N) is 3. The third-order valence-corrected chi connectivity index (χ3v) is 14.0. The third kappa shape index (κ3) is 4.46.